The number of carbonyl (C=O) groups excluding carboxylic acids is 1. The van der Waals surface area contributed by atoms with Crippen molar-refractivity contribution in [3.8, 4) is 0 Å². The van der Waals surface area contributed by atoms with Gasteiger partial charge in [0.15, 0.2) is 13.2 Å². The van der Waals surface area contributed by atoms with Gasteiger partial charge >= 0.3 is 0 Å². The third-order valence-electron chi connectivity index (χ3n) is 1.64. The van der Waals surface area contributed by atoms with Crippen molar-refractivity contribution in [2.45, 2.75) is 13.2 Å². The second kappa shape index (κ2) is 5.19. The van der Waals surface area contributed by atoms with Crippen molar-refractivity contribution in [2.75, 3.05) is 13.2 Å². The molecule has 0 aromatic heterocycles. The van der Waals surface area contributed by atoms with E-state index in [2.05, 4.69) is 47.8 Å². The van der Waals surface area contributed by atoms with E-state index in [1.54, 1.807) is 0 Å². The van der Waals surface area contributed by atoms with Crippen LogP contribution in [-0.4, -0.2) is 37.2 Å². The largest absolute Gasteiger partial charge is 0.353 e. The molecule has 3 nitrogen and oxygen atoms in total. The topological polar surface area (TPSA) is 29.5 Å². The molecule has 1 fully saturated rings. The third-order valence-corrected chi connectivity index (χ3v) is 3.19. The Morgan fingerprint density at radius 1 is 1.50 bits per heavy atom. The molecule has 82 valence electrons. The van der Waals surface area contributed by atoms with Gasteiger partial charge in [0.25, 0.3) is 5.91 Å². The van der Waals surface area contributed by atoms with Crippen molar-refractivity contribution in [1.29, 1.82) is 0 Å². The monoisotopic (exact) mass is 431 g/mol. The number of alkyl halides is 5. The standard InChI is InChI=1S/C6H6Br3Cl2NO2/c7-6(8,9)5-12(1-2-14-5)4(13)3(10)11/h3,5H,1-2H2. The lowest BCUT2D eigenvalue weighted by Crippen LogP contribution is -2.45. The van der Waals surface area contributed by atoms with E-state index in [4.69, 9.17) is 27.9 Å². The third kappa shape index (κ3) is 3.22. The number of halogens is 5. The predicted molar refractivity (Wildman–Crippen MR) is 66.5 cm³/mol. The quantitative estimate of drug-likeness (QED) is 0.594. The maximum absolute atomic E-state index is 11.5. The lowest BCUT2D eigenvalue weighted by molar-refractivity contribution is -0.133. The van der Waals surface area contributed by atoms with Crippen molar-refractivity contribution in [3.05, 3.63) is 0 Å². The van der Waals surface area contributed by atoms with E-state index >= 15 is 0 Å². The van der Waals surface area contributed by atoms with Gasteiger partial charge in [-0.15, -0.1) is 0 Å². The van der Waals surface area contributed by atoms with Gasteiger partial charge < -0.3 is 9.64 Å². The number of nitrogens with zero attached hydrogens (tertiary/aromatic N) is 1. The van der Waals surface area contributed by atoms with Crippen LogP contribution in [0.2, 0.25) is 0 Å². The summed E-state index contributed by atoms with van der Waals surface area (Å²) in [7, 11) is 0. The molecular weight excluding hydrogens is 429 g/mol. The zero-order valence-corrected chi connectivity index (χ0v) is 13.0. The average Bonchev–Trinajstić information content (AvgIpc) is 2.48. The summed E-state index contributed by atoms with van der Waals surface area (Å²) in [5.74, 6) is -0.362. The zero-order chi connectivity index (χ0) is 10.9. The number of carbonyl (C=O) groups is 1. The minimum absolute atomic E-state index is 0.362. The van der Waals surface area contributed by atoms with Crippen LogP contribution in [-0.2, 0) is 9.53 Å². The smallest absolute Gasteiger partial charge is 0.258 e. The summed E-state index contributed by atoms with van der Waals surface area (Å²) < 4.78 is 4.67. The van der Waals surface area contributed by atoms with Crippen molar-refractivity contribution >= 4 is 76.9 Å². The average molecular weight is 435 g/mol. The van der Waals surface area contributed by atoms with Crippen LogP contribution in [0.3, 0.4) is 0 Å². The molecule has 1 atom stereocenters. The molecule has 1 saturated heterocycles. The number of hydrogen-bond donors (Lipinski definition) is 0. The molecule has 1 rings (SSSR count). The fourth-order valence-corrected chi connectivity index (χ4v) is 2.48. The van der Waals surface area contributed by atoms with Gasteiger partial charge in [-0.1, -0.05) is 71.0 Å². The van der Waals surface area contributed by atoms with Gasteiger partial charge in [0, 0.05) is 6.54 Å². The minimum atomic E-state index is -1.06. The van der Waals surface area contributed by atoms with Crippen LogP contribution in [0.4, 0.5) is 0 Å². The molecule has 1 heterocycles. The van der Waals surface area contributed by atoms with Crippen molar-refractivity contribution in [3.63, 3.8) is 0 Å². The number of hydrogen-bond acceptors (Lipinski definition) is 2. The highest BCUT2D eigenvalue weighted by Crippen LogP contribution is 2.42. The van der Waals surface area contributed by atoms with Crippen LogP contribution >= 0.6 is 71.0 Å². The van der Waals surface area contributed by atoms with E-state index in [-0.39, 0.29) is 5.91 Å². The summed E-state index contributed by atoms with van der Waals surface area (Å²) in [6, 6.07) is 0. The first-order chi connectivity index (χ1) is 6.34. The van der Waals surface area contributed by atoms with Crippen molar-refractivity contribution in [1.82, 2.24) is 4.90 Å². The summed E-state index contributed by atoms with van der Waals surface area (Å²) in [5, 5.41) is 0. The van der Waals surface area contributed by atoms with Gasteiger partial charge in [-0.05, 0) is 0 Å². The Morgan fingerprint density at radius 3 is 2.50 bits per heavy atom. The lowest BCUT2D eigenvalue weighted by Gasteiger charge is -2.29. The maximum atomic E-state index is 11.5. The Bertz CT molecular complexity index is 234. The normalized spacial score (nSPS) is 23.3. The molecule has 1 amide bonds. The van der Waals surface area contributed by atoms with E-state index in [1.165, 1.54) is 4.90 Å². The van der Waals surface area contributed by atoms with Crippen LogP contribution < -0.4 is 0 Å². The minimum Gasteiger partial charge on any atom is -0.353 e. The zero-order valence-electron chi connectivity index (χ0n) is 6.72. The molecule has 14 heavy (non-hydrogen) atoms. The van der Waals surface area contributed by atoms with E-state index in [9.17, 15) is 4.79 Å². The molecule has 0 spiro atoms. The van der Waals surface area contributed by atoms with Crippen LogP contribution in [0, 0.1) is 0 Å². The molecule has 8 heteroatoms. The van der Waals surface area contributed by atoms with E-state index in [0.29, 0.717) is 13.2 Å². The summed E-state index contributed by atoms with van der Waals surface area (Å²) in [5.41, 5.74) is 0. The van der Waals surface area contributed by atoms with Gasteiger partial charge in [0.2, 0.25) is 0 Å². The molecule has 1 aliphatic heterocycles. The van der Waals surface area contributed by atoms with E-state index in [1.807, 2.05) is 0 Å². The highest BCUT2D eigenvalue weighted by molar-refractivity contribution is 9.39. The Morgan fingerprint density at radius 2 is 2.07 bits per heavy atom. The summed E-state index contributed by atoms with van der Waals surface area (Å²) in [6.45, 7) is 0.936. The SMILES string of the molecule is O=C(C(Cl)Cl)N1CCOC1C(Br)(Br)Br. The number of amides is 1. The number of rotatable bonds is 1. The highest BCUT2D eigenvalue weighted by Gasteiger charge is 2.43. The van der Waals surface area contributed by atoms with Crippen molar-refractivity contribution < 1.29 is 9.53 Å². The first-order valence-corrected chi connectivity index (χ1v) is 6.86. The van der Waals surface area contributed by atoms with Gasteiger partial charge in [0.1, 0.15) is 0 Å². The van der Waals surface area contributed by atoms with E-state index in [0.717, 1.165) is 0 Å². The van der Waals surface area contributed by atoms with Crippen molar-refractivity contribution in [2.24, 2.45) is 0 Å². The Hall–Kier alpha value is 1.45. The summed E-state index contributed by atoms with van der Waals surface area (Å²) in [4.78, 5) is 11.9. The fourth-order valence-electron chi connectivity index (χ4n) is 1.09. The van der Waals surface area contributed by atoms with Gasteiger partial charge in [0.05, 0.1) is 6.61 Å². The van der Waals surface area contributed by atoms with Crippen LogP contribution in [0.15, 0.2) is 0 Å². The van der Waals surface area contributed by atoms with Crippen LogP contribution in [0.5, 0.6) is 0 Å². The highest BCUT2D eigenvalue weighted by atomic mass is 80.0. The Labute approximate surface area is 117 Å². The fraction of sp³-hybridized carbons (Fsp3) is 0.833. The summed E-state index contributed by atoms with van der Waals surface area (Å²) in [6.07, 6.45) is -0.477. The van der Waals surface area contributed by atoms with Gasteiger partial charge in [-0.25, -0.2) is 0 Å². The lowest BCUT2D eigenvalue weighted by atomic mass is 10.5. The first-order valence-electron chi connectivity index (χ1n) is 3.61. The molecule has 0 saturated carbocycles. The second-order valence-corrected chi connectivity index (χ2v) is 10.6. The molecule has 1 aliphatic rings. The predicted octanol–water partition coefficient (Wildman–Crippen LogP) is 2.81. The Kier molecular flexibility index (Phi) is 5.01. The molecule has 0 N–H and O–H groups in total. The van der Waals surface area contributed by atoms with Crippen LogP contribution in [0.1, 0.15) is 0 Å². The van der Waals surface area contributed by atoms with E-state index < -0.39 is 13.2 Å². The molecule has 0 aromatic carbocycles. The van der Waals surface area contributed by atoms with Crippen LogP contribution in [0.25, 0.3) is 0 Å². The molecule has 1 unspecified atom stereocenters. The Balaban J connectivity index is 2.74. The van der Waals surface area contributed by atoms with Gasteiger partial charge in [-0.2, -0.15) is 0 Å². The van der Waals surface area contributed by atoms with Gasteiger partial charge in [-0.3, -0.25) is 4.79 Å². The first kappa shape index (κ1) is 13.5. The molecule has 0 aliphatic carbocycles. The maximum Gasteiger partial charge on any atom is 0.258 e. The molecule has 0 aromatic rings. The number of ether oxygens (including phenoxy) is 1. The molecule has 0 radical (unpaired) electrons. The summed E-state index contributed by atoms with van der Waals surface area (Å²) >= 11 is 20.9. The molecule has 0 bridgehead atoms. The molecular formula is C6H6Br3Cl2NO2. The second-order valence-electron chi connectivity index (χ2n) is 2.60.